The van der Waals surface area contributed by atoms with E-state index in [0.717, 1.165) is 37.8 Å². The van der Waals surface area contributed by atoms with Gasteiger partial charge in [-0.25, -0.2) is 8.78 Å². The molecule has 1 aromatic carbocycles. The quantitative estimate of drug-likeness (QED) is 0.931. The maximum Gasteiger partial charge on any atom is 0.320 e. The first-order valence-corrected chi connectivity index (χ1v) is 7.48. The number of aliphatic carboxylic acids is 1. The van der Waals surface area contributed by atoms with Crippen LogP contribution in [0, 0.1) is 17.6 Å². The molecule has 1 N–H and O–H groups in total. The van der Waals surface area contributed by atoms with Crippen LogP contribution in [0.1, 0.15) is 37.7 Å². The van der Waals surface area contributed by atoms with Gasteiger partial charge in [-0.05, 0) is 43.4 Å². The number of fused-ring (bicyclic) bond motifs is 1. The topological polar surface area (TPSA) is 40.5 Å². The summed E-state index contributed by atoms with van der Waals surface area (Å²) in [5.41, 5.74) is 0.243. The lowest BCUT2D eigenvalue weighted by atomic mass is 9.84. The van der Waals surface area contributed by atoms with Gasteiger partial charge in [-0.3, -0.25) is 9.69 Å². The normalized spacial score (nSPS) is 29.3. The average molecular weight is 295 g/mol. The molecule has 1 aliphatic carbocycles. The molecule has 1 saturated heterocycles. The number of hydrogen-bond acceptors (Lipinski definition) is 2. The van der Waals surface area contributed by atoms with E-state index in [-0.39, 0.29) is 18.2 Å². The highest BCUT2D eigenvalue weighted by Crippen LogP contribution is 2.40. The van der Waals surface area contributed by atoms with Crippen LogP contribution >= 0.6 is 0 Å². The molecule has 1 saturated carbocycles. The molecule has 1 heterocycles. The number of benzene rings is 1. The molecule has 3 unspecified atom stereocenters. The summed E-state index contributed by atoms with van der Waals surface area (Å²) in [6, 6.07) is 2.96. The van der Waals surface area contributed by atoms with Crippen LogP contribution in [0.25, 0.3) is 0 Å². The maximum absolute atomic E-state index is 13.8. The van der Waals surface area contributed by atoms with Gasteiger partial charge < -0.3 is 5.11 Å². The Kier molecular flexibility index (Phi) is 3.93. The van der Waals surface area contributed by atoms with Crippen LogP contribution < -0.4 is 0 Å². The SMILES string of the molecule is O=C(O)C1CC2CCCCC2N1Cc1cc(F)ccc1F. The third-order valence-electron chi connectivity index (χ3n) is 4.87. The first-order chi connectivity index (χ1) is 10.1. The van der Waals surface area contributed by atoms with Crippen molar-refractivity contribution in [1.29, 1.82) is 0 Å². The summed E-state index contributed by atoms with van der Waals surface area (Å²) in [7, 11) is 0. The van der Waals surface area contributed by atoms with Crippen LogP contribution in [0.3, 0.4) is 0 Å². The fourth-order valence-electron chi connectivity index (χ4n) is 3.88. The number of rotatable bonds is 3. The van der Waals surface area contributed by atoms with E-state index in [1.807, 2.05) is 4.90 Å². The predicted molar refractivity (Wildman–Crippen MR) is 73.7 cm³/mol. The van der Waals surface area contributed by atoms with Crippen LogP contribution in [0.5, 0.6) is 0 Å². The maximum atomic E-state index is 13.8. The molecule has 3 rings (SSSR count). The minimum Gasteiger partial charge on any atom is -0.480 e. The third-order valence-corrected chi connectivity index (χ3v) is 4.87. The molecule has 0 spiro atoms. The molecule has 0 bridgehead atoms. The second-order valence-electron chi connectivity index (χ2n) is 6.11. The van der Waals surface area contributed by atoms with Gasteiger partial charge in [-0.2, -0.15) is 0 Å². The van der Waals surface area contributed by atoms with E-state index in [1.165, 1.54) is 6.07 Å². The van der Waals surface area contributed by atoms with Gasteiger partial charge in [-0.15, -0.1) is 0 Å². The Balaban J connectivity index is 1.86. The van der Waals surface area contributed by atoms with Gasteiger partial charge in [0.2, 0.25) is 0 Å². The van der Waals surface area contributed by atoms with Crippen LogP contribution in [0.4, 0.5) is 8.78 Å². The molecule has 114 valence electrons. The minimum absolute atomic E-state index is 0.168. The van der Waals surface area contributed by atoms with Crippen LogP contribution in [-0.2, 0) is 11.3 Å². The summed E-state index contributed by atoms with van der Waals surface area (Å²) < 4.78 is 27.1. The summed E-state index contributed by atoms with van der Waals surface area (Å²) in [6.45, 7) is 0.168. The Morgan fingerprint density at radius 1 is 1.29 bits per heavy atom. The Hall–Kier alpha value is -1.49. The van der Waals surface area contributed by atoms with Gasteiger partial charge >= 0.3 is 5.97 Å². The van der Waals surface area contributed by atoms with E-state index in [0.29, 0.717) is 12.3 Å². The molecular weight excluding hydrogens is 276 g/mol. The van der Waals surface area contributed by atoms with E-state index >= 15 is 0 Å². The second-order valence-corrected chi connectivity index (χ2v) is 6.11. The fourth-order valence-corrected chi connectivity index (χ4v) is 3.88. The van der Waals surface area contributed by atoms with Gasteiger partial charge in [0.05, 0.1) is 0 Å². The molecule has 2 aliphatic rings. The van der Waals surface area contributed by atoms with Crippen molar-refractivity contribution in [3.63, 3.8) is 0 Å². The number of nitrogens with zero attached hydrogens (tertiary/aromatic N) is 1. The summed E-state index contributed by atoms with van der Waals surface area (Å²) in [6.07, 6.45) is 4.82. The molecule has 0 radical (unpaired) electrons. The second kappa shape index (κ2) is 5.72. The molecule has 2 fully saturated rings. The Labute approximate surface area is 122 Å². The number of carboxylic acid groups (broad SMARTS) is 1. The van der Waals surface area contributed by atoms with Gasteiger partial charge in [-0.1, -0.05) is 12.8 Å². The van der Waals surface area contributed by atoms with E-state index in [2.05, 4.69) is 0 Å². The van der Waals surface area contributed by atoms with Crippen molar-refractivity contribution in [1.82, 2.24) is 4.90 Å². The third kappa shape index (κ3) is 2.79. The summed E-state index contributed by atoms with van der Waals surface area (Å²) >= 11 is 0. The van der Waals surface area contributed by atoms with Gasteiger partial charge in [0.15, 0.2) is 0 Å². The number of carboxylic acids is 1. The number of halogens is 2. The average Bonchev–Trinajstić information content (AvgIpc) is 2.82. The van der Waals surface area contributed by atoms with Crippen molar-refractivity contribution in [2.24, 2.45) is 5.92 Å². The molecule has 1 aromatic rings. The molecular formula is C16H19F2NO2. The lowest BCUT2D eigenvalue weighted by Crippen LogP contribution is -2.41. The predicted octanol–water partition coefficient (Wildman–Crippen LogP) is 3.18. The molecule has 0 aromatic heterocycles. The zero-order valence-corrected chi connectivity index (χ0v) is 11.8. The summed E-state index contributed by atoms with van der Waals surface area (Å²) in [4.78, 5) is 13.4. The molecule has 5 heteroatoms. The lowest BCUT2D eigenvalue weighted by Gasteiger charge is -2.33. The monoisotopic (exact) mass is 295 g/mol. The highest BCUT2D eigenvalue weighted by atomic mass is 19.1. The van der Waals surface area contributed by atoms with Crippen molar-refractivity contribution >= 4 is 5.97 Å². The molecule has 3 atom stereocenters. The summed E-state index contributed by atoms with van der Waals surface area (Å²) in [5, 5.41) is 9.42. The highest BCUT2D eigenvalue weighted by Gasteiger charge is 2.45. The first-order valence-electron chi connectivity index (χ1n) is 7.48. The van der Waals surface area contributed by atoms with Crippen molar-refractivity contribution in [2.45, 2.75) is 50.7 Å². The molecule has 0 amide bonds. The van der Waals surface area contributed by atoms with Gasteiger partial charge in [0, 0.05) is 18.2 Å². The zero-order valence-electron chi connectivity index (χ0n) is 11.8. The van der Waals surface area contributed by atoms with Gasteiger partial charge in [0.1, 0.15) is 17.7 Å². The Bertz CT molecular complexity index is 549. The first kappa shape index (κ1) is 14.4. The number of hydrogen-bond donors (Lipinski definition) is 1. The van der Waals surface area contributed by atoms with Crippen LogP contribution in [0.2, 0.25) is 0 Å². The van der Waals surface area contributed by atoms with E-state index < -0.39 is 23.6 Å². The van der Waals surface area contributed by atoms with Crippen molar-refractivity contribution in [3.05, 3.63) is 35.4 Å². The van der Waals surface area contributed by atoms with Crippen LogP contribution in [-0.4, -0.2) is 28.1 Å². The van der Waals surface area contributed by atoms with E-state index in [9.17, 15) is 18.7 Å². The lowest BCUT2D eigenvalue weighted by molar-refractivity contribution is -0.142. The standard InChI is InChI=1S/C16H19F2NO2/c17-12-5-6-13(18)11(7-12)9-19-14-4-2-1-3-10(14)8-15(19)16(20)21/h5-7,10,14-15H,1-4,8-9H2,(H,20,21). The zero-order chi connectivity index (χ0) is 15.0. The van der Waals surface area contributed by atoms with Gasteiger partial charge in [0.25, 0.3) is 0 Å². The Morgan fingerprint density at radius 3 is 2.81 bits per heavy atom. The van der Waals surface area contributed by atoms with E-state index in [4.69, 9.17) is 0 Å². The summed E-state index contributed by atoms with van der Waals surface area (Å²) in [5.74, 6) is -1.45. The number of likely N-dealkylation sites (tertiary alicyclic amines) is 1. The number of carbonyl (C=O) groups is 1. The molecule has 21 heavy (non-hydrogen) atoms. The fraction of sp³-hybridized carbons (Fsp3) is 0.562. The van der Waals surface area contributed by atoms with Crippen LogP contribution in [0.15, 0.2) is 18.2 Å². The van der Waals surface area contributed by atoms with Crippen molar-refractivity contribution < 1.29 is 18.7 Å². The Morgan fingerprint density at radius 2 is 2.05 bits per heavy atom. The smallest absolute Gasteiger partial charge is 0.320 e. The molecule has 3 nitrogen and oxygen atoms in total. The largest absolute Gasteiger partial charge is 0.480 e. The van der Waals surface area contributed by atoms with Crippen molar-refractivity contribution in [2.75, 3.05) is 0 Å². The highest BCUT2D eigenvalue weighted by molar-refractivity contribution is 5.74. The molecule has 1 aliphatic heterocycles. The minimum atomic E-state index is -0.860. The van der Waals surface area contributed by atoms with E-state index in [1.54, 1.807) is 0 Å². The van der Waals surface area contributed by atoms with Crippen molar-refractivity contribution in [3.8, 4) is 0 Å².